The first-order chi connectivity index (χ1) is 12.2. The minimum absolute atomic E-state index is 0.000872. The Kier molecular flexibility index (Phi) is 5.18. The lowest BCUT2D eigenvalue weighted by Crippen LogP contribution is -2.37. The van der Waals surface area contributed by atoms with Crippen LogP contribution in [-0.4, -0.2) is 38.6 Å². The summed E-state index contributed by atoms with van der Waals surface area (Å²) in [5, 5.41) is 2.63. The van der Waals surface area contributed by atoms with Gasteiger partial charge < -0.3 is 19.7 Å². The van der Waals surface area contributed by atoms with Crippen molar-refractivity contribution in [3.05, 3.63) is 54.1 Å². The average molecular weight is 340 g/mol. The highest BCUT2D eigenvalue weighted by Crippen LogP contribution is 2.26. The summed E-state index contributed by atoms with van der Waals surface area (Å²) >= 11 is 0. The summed E-state index contributed by atoms with van der Waals surface area (Å²) in [6.45, 7) is 0.911. The fourth-order valence-corrected chi connectivity index (χ4v) is 2.77. The molecule has 0 fully saturated rings. The molecule has 2 aromatic carbocycles. The summed E-state index contributed by atoms with van der Waals surface area (Å²) in [5.74, 6) is 0.991. The molecule has 1 heterocycles. The molecule has 25 heavy (non-hydrogen) atoms. The predicted molar refractivity (Wildman–Crippen MR) is 94.2 cm³/mol. The molecule has 6 heteroatoms. The van der Waals surface area contributed by atoms with Crippen LogP contribution in [0.3, 0.4) is 0 Å². The molecule has 0 aromatic heterocycles. The minimum Gasteiger partial charge on any atom is -0.493 e. The molecule has 0 atom stereocenters. The first-order valence-electron chi connectivity index (χ1n) is 8.14. The second-order valence-electron chi connectivity index (χ2n) is 5.60. The number of nitrogens with one attached hydrogen (secondary N) is 1. The molecule has 0 bridgehead atoms. The third-order valence-corrected chi connectivity index (χ3v) is 3.99. The van der Waals surface area contributed by atoms with Crippen LogP contribution in [0.1, 0.15) is 16.8 Å². The predicted octanol–water partition coefficient (Wildman–Crippen LogP) is 2.24. The van der Waals surface area contributed by atoms with Gasteiger partial charge >= 0.3 is 0 Å². The fraction of sp³-hybridized carbons (Fsp3) is 0.263. The topological polar surface area (TPSA) is 67.9 Å². The van der Waals surface area contributed by atoms with Crippen molar-refractivity contribution in [1.29, 1.82) is 0 Å². The van der Waals surface area contributed by atoms with Crippen LogP contribution in [0.25, 0.3) is 0 Å². The molecule has 1 aliphatic rings. The largest absolute Gasteiger partial charge is 0.493 e. The van der Waals surface area contributed by atoms with Crippen molar-refractivity contribution < 1.29 is 19.1 Å². The normalized spacial score (nSPS) is 13.7. The second kappa shape index (κ2) is 7.70. The fourth-order valence-electron chi connectivity index (χ4n) is 2.77. The van der Waals surface area contributed by atoms with E-state index in [1.54, 1.807) is 30.2 Å². The Balaban J connectivity index is 1.65. The molecule has 0 spiro atoms. The lowest BCUT2D eigenvalue weighted by atomic mass is 10.1. The number of hydrogen-bond acceptors (Lipinski definition) is 4. The second-order valence-corrected chi connectivity index (χ2v) is 5.60. The summed E-state index contributed by atoms with van der Waals surface area (Å²) in [7, 11) is 1.60. The van der Waals surface area contributed by atoms with Crippen molar-refractivity contribution in [3.63, 3.8) is 0 Å². The number of ether oxygens (including phenoxy) is 2. The molecular weight excluding hydrogens is 320 g/mol. The van der Waals surface area contributed by atoms with E-state index in [0.29, 0.717) is 42.3 Å². The van der Waals surface area contributed by atoms with Crippen molar-refractivity contribution in [2.75, 3.05) is 31.7 Å². The Morgan fingerprint density at radius 1 is 1.04 bits per heavy atom. The van der Waals surface area contributed by atoms with E-state index in [4.69, 9.17) is 9.47 Å². The summed E-state index contributed by atoms with van der Waals surface area (Å²) < 4.78 is 11.0. The zero-order chi connectivity index (χ0) is 17.6. The van der Waals surface area contributed by atoms with Crippen LogP contribution in [-0.2, 0) is 4.79 Å². The molecule has 0 unspecified atom stereocenters. The Hall–Kier alpha value is -3.02. The van der Waals surface area contributed by atoms with Crippen LogP contribution in [0.4, 0.5) is 5.69 Å². The van der Waals surface area contributed by atoms with E-state index in [-0.39, 0.29) is 18.4 Å². The highest BCUT2D eigenvalue weighted by Gasteiger charge is 2.25. The Bertz CT molecular complexity index is 776. The van der Waals surface area contributed by atoms with Gasteiger partial charge in [-0.1, -0.05) is 24.3 Å². The van der Waals surface area contributed by atoms with E-state index in [1.165, 1.54) is 0 Å². The van der Waals surface area contributed by atoms with Gasteiger partial charge in [0.2, 0.25) is 5.91 Å². The monoisotopic (exact) mass is 340 g/mol. The van der Waals surface area contributed by atoms with Gasteiger partial charge in [0.05, 0.1) is 31.5 Å². The average Bonchev–Trinajstić information content (AvgIpc) is 2.77. The number of carbonyl (C=O) groups is 2. The van der Waals surface area contributed by atoms with Crippen LogP contribution in [0.15, 0.2) is 48.5 Å². The van der Waals surface area contributed by atoms with Crippen LogP contribution in [0.5, 0.6) is 11.5 Å². The van der Waals surface area contributed by atoms with Gasteiger partial charge in [0.25, 0.3) is 5.91 Å². The SMILES string of the molecule is COc1ccccc1OCCCN1C(=O)CNC(=O)c2ccccc21. The Labute approximate surface area is 146 Å². The van der Waals surface area contributed by atoms with E-state index in [9.17, 15) is 9.59 Å². The van der Waals surface area contributed by atoms with Gasteiger partial charge in [-0.25, -0.2) is 0 Å². The summed E-state index contributed by atoms with van der Waals surface area (Å²) in [6.07, 6.45) is 0.631. The molecule has 6 nitrogen and oxygen atoms in total. The summed E-state index contributed by atoms with van der Waals surface area (Å²) in [6, 6.07) is 14.6. The molecule has 1 aliphatic heterocycles. The highest BCUT2D eigenvalue weighted by atomic mass is 16.5. The van der Waals surface area contributed by atoms with Crippen LogP contribution >= 0.6 is 0 Å². The Morgan fingerprint density at radius 3 is 2.56 bits per heavy atom. The molecule has 130 valence electrons. The van der Waals surface area contributed by atoms with Crippen LogP contribution < -0.4 is 19.7 Å². The quantitative estimate of drug-likeness (QED) is 0.819. The van der Waals surface area contributed by atoms with Crippen LogP contribution in [0, 0.1) is 0 Å². The first-order valence-corrected chi connectivity index (χ1v) is 8.14. The molecule has 0 radical (unpaired) electrons. The number of methoxy groups -OCH3 is 1. The Morgan fingerprint density at radius 2 is 1.76 bits per heavy atom. The van der Waals surface area contributed by atoms with Gasteiger partial charge in [0.1, 0.15) is 0 Å². The minimum atomic E-state index is -0.225. The third-order valence-electron chi connectivity index (χ3n) is 3.99. The summed E-state index contributed by atoms with van der Waals surface area (Å²) in [5.41, 5.74) is 1.15. The summed E-state index contributed by atoms with van der Waals surface area (Å²) in [4.78, 5) is 26.0. The van der Waals surface area contributed by atoms with E-state index >= 15 is 0 Å². The lowest BCUT2D eigenvalue weighted by molar-refractivity contribution is -0.117. The van der Waals surface area contributed by atoms with E-state index in [1.807, 2.05) is 30.3 Å². The maximum absolute atomic E-state index is 12.3. The molecule has 3 rings (SSSR count). The van der Waals surface area contributed by atoms with Gasteiger partial charge in [0, 0.05) is 6.54 Å². The number of carbonyl (C=O) groups excluding carboxylic acids is 2. The highest BCUT2D eigenvalue weighted by molar-refractivity contribution is 6.09. The van der Waals surface area contributed by atoms with Crippen molar-refractivity contribution in [1.82, 2.24) is 5.32 Å². The van der Waals surface area contributed by atoms with Crippen molar-refractivity contribution >= 4 is 17.5 Å². The number of hydrogen-bond donors (Lipinski definition) is 1. The van der Waals surface area contributed by atoms with Crippen molar-refractivity contribution in [2.45, 2.75) is 6.42 Å². The number of para-hydroxylation sites is 3. The first kappa shape index (κ1) is 16.8. The smallest absolute Gasteiger partial charge is 0.253 e. The molecule has 0 saturated heterocycles. The van der Waals surface area contributed by atoms with Gasteiger partial charge in [-0.3, -0.25) is 9.59 Å². The van der Waals surface area contributed by atoms with E-state index in [0.717, 1.165) is 0 Å². The molecule has 2 aromatic rings. The molecule has 1 N–H and O–H groups in total. The molecule has 0 aliphatic carbocycles. The number of benzene rings is 2. The number of nitrogens with zero attached hydrogens (tertiary/aromatic N) is 1. The molecule has 0 saturated carbocycles. The lowest BCUT2D eigenvalue weighted by Gasteiger charge is -2.22. The van der Waals surface area contributed by atoms with Crippen LogP contribution in [0.2, 0.25) is 0 Å². The number of rotatable bonds is 6. The zero-order valence-electron chi connectivity index (χ0n) is 14.0. The molecular formula is C19H20N2O4. The number of amides is 2. The zero-order valence-corrected chi connectivity index (χ0v) is 14.0. The van der Waals surface area contributed by atoms with E-state index < -0.39 is 0 Å². The van der Waals surface area contributed by atoms with Gasteiger partial charge in [-0.2, -0.15) is 0 Å². The maximum atomic E-state index is 12.3. The third kappa shape index (κ3) is 3.74. The maximum Gasteiger partial charge on any atom is 0.253 e. The van der Waals surface area contributed by atoms with Gasteiger partial charge in [-0.15, -0.1) is 0 Å². The van der Waals surface area contributed by atoms with Crippen molar-refractivity contribution in [2.24, 2.45) is 0 Å². The van der Waals surface area contributed by atoms with Gasteiger partial charge in [0.15, 0.2) is 11.5 Å². The number of anilines is 1. The standard InChI is InChI=1S/C19H20N2O4/c1-24-16-9-4-5-10-17(16)25-12-6-11-21-15-8-3-2-7-14(15)19(23)20-13-18(21)22/h2-5,7-10H,6,11-13H2,1H3,(H,20,23). The molecule has 2 amide bonds. The number of fused-ring (bicyclic) bond motifs is 1. The van der Waals surface area contributed by atoms with Gasteiger partial charge in [-0.05, 0) is 30.7 Å². The van der Waals surface area contributed by atoms with Crippen molar-refractivity contribution in [3.8, 4) is 11.5 Å². The van der Waals surface area contributed by atoms with E-state index in [2.05, 4.69) is 5.32 Å².